The van der Waals surface area contributed by atoms with Crippen LogP contribution in [0.5, 0.6) is 0 Å². The Morgan fingerprint density at radius 3 is 2.55 bits per heavy atom. The lowest BCUT2D eigenvalue weighted by Crippen LogP contribution is -2.12. The van der Waals surface area contributed by atoms with Crippen LogP contribution in [-0.2, 0) is 23.4 Å². The van der Waals surface area contributed by atoms with Crippen LogP contribution < -0.4 is 0 Å². The highest BCUT2D eigenvalue weighted by Crippen LogP contribution is 2.41. The van der Waals surface area contributed by atoms with Gasteiger partial charge in [0.1, 0.15) is 4.90 Å². The maximum absolute atomic E-state index is 12.4. The first-order valence-corrected chi connectivity index (χ1v) is 7.82. The highest BCUT2D eigenvalue weighted by Gasteiger charge is 2.33. The van der Waals surface area contributed by atoms with E-state index in [-0.39, 0.29) is 5.56 Å². The topological polar surface area (TPSA) is 69.7 Å². The van der Waals surface area contributed by atoms with Crippen LogP contribution in [0.4, 0.5) is 13.2 Å². The van der Waals surface area contributed by atoms with E-state index in [4.69, 9.17) is 0 Å². The van der Waals surface area contributed by atoms with Gasteiger partial charge in [0.15, 0.2) is 6.79 Å². The van der Waals surface area contributed by atoms with Crippen LogP contribution in [0, 0.1) is 6.92 Å². The Labute approximate surface area is 118 Å². The van der Waals surface area contributed by atoms with E-state index >= 15 is 0 Å². The van der Waals surface area contributed by atoms with Crippen LogP contribution in [0.1, 0.15) is 5.56 Å². The van der Waals surface area contributed by atoms with Crippen LogP contribution >= 0.6 is 20.4 Å². The maximum Gasteiger partial charge on any atom is 0.446 e. The van der Waals surface area contributed by atoms with Crippen molar-refractivity contribution in [3.8, 4) is 0 Å². The average molecular weight is 348 g/mol. The Bertz CT molecular complexity index is 588. The molecule has 0 aliphatic heterocycles. The van der Waals surface area contributed by atoms with Gasteiger partial charge in [-0.3, -0.25) is 4.52 Å². The first kappa shape index (κ1) is 17.4. The van der Waals surface area contributed by atoms with E-state index in [1.807, 2.05) is 0 Å². The Kier molecular flexibility index (Phi) is 5.96. The van der Waals surface area contributed by atoms with Gasteiger partial charge in [-0.1, -0.05) is 12.1 Å². The van der Waals surface area contributed by atoms with Crippen LogP contribution in [0.2, 0.25) is 0 Å². The predicted octanol–water partition coefficient (Wildman–Crippen LogP) is 3.49. The van der Waals surface area contributed by atoms with Crippen molar-refractivity contribution in [1.29, 1.82) is 0 Å². The van der Waals surface area contributed by atoms with Gasteiger partial charge < -0.3 is 0 Å². The average Bonchev–Trinajstić information content (AvgIpc) is 2.26. The van der Waals surface area contributed by atoms with E-state index in [9.17, 15) is 26.2 Å². The molecule has 0 amide bonds. The van der Waals surface area contributed by atoms with Crippen molar-refractivity contribution >= 4 is 30.6 Å². The maximum atomic E-state index is 12.4. The summed E-state index contributed by atoms with van der Waals surface area (Å²) in [5.41, 5.74) is -4.54. The molecule has 1 rings (SSSR count). The van der Waals surface area contributed by atoms with Crippen molar-refractivity contribution in [2.75, 3.05) is 6.79 Å². The lowest BCUT2D eigenvalue weighted by Gasteiger charge is -2.13. The summed E-state index contributed by atoms with van der Waals surface area (Å²) in [4.78, 5) is -1.09. The number of thioether (sulfide) groups is 1. The molecule has 11 heteroatoms. The number of rotatable bonds is 6. The van der Waals surface area contributed by atoms with Crippen molar-refractivity contribution in [1.82, 2.24) is 0 Å². The van der Waals surface area contributed by atoms with E-state index in [0.29, 0.717) is 0 Å². The van der Waals surface area contributed by atoms with E-state index < -0.39 is 52.7 Å². The van der Waals surface area contributed by atoms with Crippen molar-refractivity contribution in [3.63, 3.8) is 0 Å². The van der Waals surface area contributed by atoms with Crippen molar-refractivity contribution in [2.24, 2.45) is 0 Å². The van der Waals surface area contributed by atoms with E-state index in [2.05, 4.69) is 8.71 Å². The zero-order valence-corrected chi connectivity index (χ0v) is 12.4. The molecule has 0 unspecified atom stereocenters. The first-order chi connectivity index (χ1) is 9.17. The third kappa shape index (κ3) is 5.02. The summed E-state index contributed by atoms with van der Waals surface area (Å²) in [6.07, 6.45) is 0. The highest BCUT2D eigenvalue weighted by molar-refractivity contribution is 8.00. The fourth-order valence-corrected chi connectivity index (χ4v) is 3.63. The van der Waals surface area contributed by atoms with Gasteiger partial charge in [-0.2, -0.15) is 21.6 Å². The smallest absolute Gasteiger partial charge is 0.265 e. The summed E-state index contributed by atoms with van der Waals surface area (Å²) in [6, 6.07) is 3.66. The highest BCUT2D eigenvalue weighted by atomic mass is 32.2. The zero-order chi connectivity index (χ0) is 15.4. The second kappa shape index (κ2) is 6.86. The number of aryl methyl sites for hydroxylation is 1. The molecule has 0 fully saturated rings. The molecule has 0 radical (unpaired) electrons. The fourth-order valence-electron chi connectivity index (χ4n) is 1.32. The lowest BCUT2D eigenvalue weighted by molar-refractivity contribution is -0.0329. The van der Waals surface area contributed by atoms with Gasteiger partial charge in [-0.25, -0.2) is 8.75 Å². The number of halogens is 3. The Morgan fingerprint density at radius 2 is 2.00 bits per heavy atom. The van der Waals surface area contributed by atoms with Crippen molar-refractivity contribution in [3.05, 3.63) is 23.8 Å². The summed E-state index contributed by atoms with van der Waals surface area (Å²) < 4.78 is 79.4. The van der Waals surface area contributed by atoms with Gasteiger partial charge in [-0.05, 0) is 30.3 Å². The number of hydrogen-bond donors (Lipinski definition) is 0. The molecule has 0 aromatic heterocycles. The third-order valence-corrected chi connectivity index (χ3v) is 4.54. The van der Waals surface area contributed by atoms with Crippen LogP contribution in [-0.4, -0.2) is 20.7 Å². The lowest BCUT2D eigenvalue weighted by atomic mass is 10.2. The van der Waals surface area contributed by atoms with Gasteiger partial charge in [0.25, 0.3) is 0 Å². The molecule has 0 saturated carbocycles. The molecule has 1 aromatic rings. The largest absolute Gasteiger partial charge is 0.446 e. The minimum Gasteiger partial charge on any atom is -0.265 e. The molecule has 1 aromatic carbocycles. The van der Waals surface area contributed by atoms with E-state index in [0.717, 1.165) is 6.07 Å². The van der Waals surface area contributed by atoms with Crippen LogP contribution in [0.25, 0.3) is 0 Å². The molecule has 0 bridgehead atoms. The Morgan fingerprint density at radius 1 is 1.35 bits per heavy atom. The van der Waals surface area contributed by atoms with Crippen LogP contribution in [0.15, 0.2) is 28.0 Å². The Balaban J connectivity index is 3.18. The molecule has 0 aliphatic rings. The molecule has 0 N–H and O–H groups in total. The SMILES string of the molecule is Cc1cccc(SC(F)(F)F)c1S(=O)(=O)OCOP=O. The summed E-state index contributed by atoms with van der Waals surface area (Å²) in [6.45, 7) is 0.473. The zero-order valence-electron chi connectivity index (χ0n) is 9.88. The third-order valence-electron chi connectivity index (χ3n) is 1.96. The Hall–Kier alpha value is -0.670. The molecule has 20 heavy (non-hydrogen) atoms. The van der Waals surface area contributed by atoms with Gasteiger partial charge in [0, 0.05) is 4.90 Å². The van der Waals surface area contributed by atoms with Crippen molar-refractivity contribution in [2.45, 2.75) is 22.2 Å². The molecular formula is C9H8F3O5PS2. The minimum atomic E-state index is -4.64. The van der Waals surface area contributed by atoms with Gasteiger partial charge in [0.2, 0.25) is 0 Å². The normalized spacial score (nSPS) is 12.8. The fraction of sp³-hybridized carbons (Fsp3) is 0.333. The van der Waals surface area contributed by atoms with E-state index in [1.165, 1.54) is 19.1 Å². The molecule has 0 aliphatic carbocycles. The van der Waals surface area contributed by atoms with Gasteiger partial charge in [0.05, 0.1) is 0 Å². The van der Waals surface area contributed by atoms with E-state index in [1.54, 1.807) is 0 Å². The number of benzene rings is 1. The summed E-state index contributed by atoms with van der Waals surface area (Å²) in [7, 11) is -5.26. The molecule has 0 heterocycles. The molecule has 0 spiro atoms. The van der Waals surface area contributed by atoms with Crippen LogP contribution in [0.3, 0.4) is 0 Å². The predicted molar refractivity (Wildman–Crippen MR) is 64.9 cm³/mol. The molecular weight excluding hydrogens is 340 g/mol. The summed E-state index contributed by atoms with van der Waals surface area (Å²) >= 11 is -0.556. The second-order valence-electron chi connectivity index (χ2n) is 3.34. The number of hydrogen-bond acceptors (Lipinski definition) is 6. The van der Waals surface area contributed by atoms with Gasteiger partial charge in [-0.15, -0.1) is 0 Å². The van der Waals surface area contributed by atoms with Crippen molar-refractivity contribution < 1.29 is 34.9 Å². The number of alkyl halides is 3. The van der Waals surface area contributed by atoms with Gasteiger partial charge >= 0.3 is 24.3 Å². The minimum absolute atomic E-state index is 0.0962. The molecule has 5 nitrogen and oxygen atoms in total. The molecule has 112 valence electrons. The standard InChI is InChI=1S/C9H8F3O5PS2/c1-6-3-2-4-7(19-9(10,11)12)8(6)20(14,15)17-5-16-18-13/h2-4H,5H2,1H3. The quantitative estimate of drug-likeness (QED) is 0.258. The summed E-state index contributed by atoms with van der Waals surface area (Å²) in [5.74, 6) is 0. The second-order valence-corrected chi connectivity index (χ2v) is 6.41. The molecule has 0 saturated heterocycles. The first-order valence-electron chi connectivity index (χ1n) is 4.87. The molecule has 0 atom stereocenters. The summed E-state index contributed by atoms with van der Waals surface area (Å²) in [5, 5.41) is 0. The monoisotopic (exact) mass is 348 g/mol.